The van der Waals surface area contributed by atoms with Crippen LogP contribution in [0.2, 0.25) is 5.02 Å². The van der Waals surface area contributed by atoms with Gasteiger partial charge in [-0.1, -0.05) is 17.7 Å². The number of nitrogens with zero attached hydrogens (tertiary/aromatic N) is 3. The molecule has 2 aromatic rings. The van der Waals surface area contributed by atoms with E-state index < -0.39 is 17.4 Å². The third-order valence-electron chi connectivity index (χ3n) is 5.19. The smallest absolute Gasteiger partial charge is 0.214 e. The van der Waals surface area contributed by atoms with Gasteiger partial charge < -0.3 is 19.3 Å². The molecule has 0 bridgehead atoms. The molecule has 0 saturated carbocycles. The molecular weight excluding hydrogens is 428 g/mol. The van der Waals surface area contributed by atoms with E-state index in [1.807, 2.05) is 23.8 Å². The van der Waals surface area contributed by atoms with Crippen molar-refractivity contribution in [3.05, 3.63) is 70.5 Å². The molecule has 6 nitrogen and oxygen atoms in total. The molecule has 2 aromatic carbocycles. The molecule has 2 aliphatic heterocycles. The molecule has 2 aliphatic rings. The number of benzene rings is 2. The van der Waals surface area contributed by atoms with Crippen LogP contribution in [0.4, 0.5) is 8.78 Å². The van der Waals surface area contributed by atoms with Crippen LogP contribution in [0.3, 0.4) is 0 Å². The first-order chi connectivity index (χ1) is 14.8. The molecule has 31 heavy (non-hydrogen) atoms. The monoisotopic (exact) mass is 447 g/mol. The Bertz CT molecular complexity index is 1070. The predicted octanol–water partition coefficient (Wildman–Crippen LogP) is 4.34. The van der Waals surface area contributed by atoms with Gasteiger partial charge in [-0.15, -0.1) is 0 Å². The van der Waals surface area contributed by atoms with Crippen molar-refractivity contribution >= 4 is 23.3 Å². The second-order valence-corrected chi connectivity index (χ2v) is 7.76. The second-order valence-electron chi connectivity index (χ2n) is 7.33. The number of ketones is 1. The fraction of sp³-hybridized carbons (Fsp3) is 0.273. The minimum absolute atomic E-state index is 0.0773. The summed E-state index contributed by atoms with van der Waals surface area (Å²) in [6.07, 6.45) is 1.72. The first kappa shape index (κ1) is 21.1. The maximum Gasteiger partial charge on any atom is 0.214 e. The van der Waals surface area contributed by atoms with Crippen LogP contribution >= 0.6 is 11.6 Å². The van der Waals surface area contributed by atoms with Crippen molar-refractivity contribution in [1.29, 1.82) is 0 Å². The number of aliphatic imine (C=N–C) groups is 1. The summed E-state index contributed by atoms with van der Waals surface area (Å²) in [5.41, 5.74) is 0.289. The van der Waals surface area contributed by atoms with Crippen LogP contribution in [0.15, 0.2) is 53.3 Å². The standard InChI is InChI=1S/C22H20ClF2N3O3/c1-13-19(29)10-28-12-26-20(9-21(28)27(13)2)30-11-14-6-17(24)22(18(25)7-14)31-16-5-3-4-15(23)8-16/h3-9,13H,10-12H2,1-2H3/t13-/m0/s1. The van der Waals surface area contributed by atoms with Crippen molar-refractivity contribution in [1.82, 2.24) is 9.80 Å². The van der Waals surface area contributed by atoms with E-state index in [2.05, 4.69) is 4.99 Å². The highest BCUT2D eigenvalue weighted by atomic mass is 35.5. The van der Waals surface area contributed by atoms with E-state index in [-0.39, 0.29) is 36.4 Å². The summed E-state index contributed by atoms with van der Waals surface area (Å²) >= 11 is 5.88. The Kier molecular flexibility index (Phi) is 5.82. The molecule has 0 radical (unpaired) electrons. The average Bonchev–Trinajstić information content (AvgIpc) is 2.73. The van der Waals surface area contributed by atoms with Gasteiger partial charge in [-0.05, 0) is 42.8 Å². The highest BCUT2D eigenvalue weighted by molar-refractivity contribution is 6.30. The number of carbonyl (C=O) groups excluding carboxylic acids is 1. The molecule has 4 rings (SSSR count). The van der Waals surface area contributed by atoms with Gasteiger partial charge in [0.2, 0.25) is 5.90 Å². The largest absolute Gasteiger partial charge is 0.473 e. The summed E-state index contributed by atoms with van der Waals surface area (Å²) in [4.78, 5) is 20.0. The fourth-order valence-electron chi connectivity index (χ4n) is 3.35. The number of hydrogen-bond acceptors (Lipinski definition) is 6. The average molecular weight is 448 g/mol. The Balaban J connectivity index is 1.45. The molecule has 162 valence electrons. The van der Waals surface area contributed by atoms with Crippen LogP contribution in [0, 0.1) is 11.6 Å². The zero-order valence-corrected chi connectivity index (χ0v) is 17.7. The highest BCUT2D eigenvalue weighted by Crippen LogP contribution is 2.30. The van der Waals surface area contributed by atoms with Gasteiger partial charge in [0.1, 0.15) is 24.8 Å². The summed E-state index contributed by atoms with van der Waals surface area (Å²) in [5.74, 6) is -0.724. The number of hydrogen-bond donors (Lipinski definition) is 0. The van der Waals surface area contributed by atoms with E-state index in [1.54, 1.807) is 24.3 Å². The van der Waals surface area contributed by atoms with Gasteiger partial charge in [0, 0.05) is 18.1 Å². The first-order valence-corrected chi connectivity index (χ1v) is 10.0. The highest BCUT2D eigenvalue weighted by Gasteiger charge is 2.33. The third-order valence-corrected chi connectivity index (χ3v) is 5.42. The molecule has 1 fully saturated rings. The van der Waals surface area contributed by atoms with Gasteiger partial charge in [-0.25, -0.2) is 13.8 Å². The number of Topliss-reactive ketones (excluding diaryl/α,β-unsaturated/α-hetero) is 1. The minimum atomic E-state index is -0.854. The lowest BCUT2D eigenvalue weighted by molar-refractivity contribution is -0.127. The van der Waals surface area contributed by atoms with Gasteiger partial charge >= 0.3 is 0 Å². The molecule has 0 unspecified atom stereocenters. The summed E-state index contributed by atoms with van der Waals surface area (Å²) < 4.78 is 39.9. The Hall–Kier alpha value is -3.13. The van der Waals surface area contributed by atoms with Crippen molar-refractivity contribution in [2.24, 2.45) is 4.99 Å². The van der Waals surface area contributed by atoms with E-state index in [4.69, 9.17) is 21.1 Å². The Morgan fingerprint density at radius 2 is 1.97 bits per heavy atom. The van der Waals surface area contributed by atoms with E-state index in [1.165, 1.54) is 6.07 Å². The summed E-state index contributed by atoms with van der Waals surface area (Å²) in [6.45, 7) is 2.33. The number of likely N-dealkylation sites (N-methyl/N-ethyl adjacent to an activating group) is 1. The topological polar surface area (TPSA) is 54.4 Å². The normalized spacial score (nSPS) is 18.4. The number of carbonyl (C=O) groups is 1. The van der Waals surface area contributed by atoms with Crippen molar-refractivity contribution < 1.29 is 23.0 Å². The lowest BCUT2D eigenvalue weighted by Gasteiger charge is -2.42. The van der Waals surface area contributed by atoms with E-state index in [9.17, 15) is 13.6 Å². The zero-order valence-electron chi connectivity index (χ0n) is 16.9. The van der Waals surface area contributed by atoms with Crippen LogP contribution in [0.1, 0.15) is 12.5 Å². The molecular formula is C22H20ClF2N3O3. The minimum Gasteiger partial charge on any atom is -0.473 e. The maximum absolute atomic E-state index is 14.5. The molecule has 9 heteroatoms. The molecule has 1 saturated heterocycles. The molecule has 0 aromatic heterocycles. The van der Waals surface area contributed by atoms with Crippen LogP contribution < -0.4 is 4.74 Å². The Labute approximate surface area is 183 Å². The molecule has 0 spiro atoms. The molecule has 2 heterocycles. The van der Waals surface area contributed by atoms with Crippen LogP contribution in [-0.4, -0.2) is 47.8 Å². The first-order valence-electron chi connectivity index (χ1n) is 9.62. The Morgan fingerprint density at radius 3 is 2.68 bits per heavy atom. The number of ether oxygens (including phenoxy) is 2. The van der Waals surface area contributed by atoms with Gasteiger partial charge in [-0.3, -0.25) is 4.79 Å². The van der Waals surface area contributed by atoms with Gasteiger partial charge in [0.05, 0.1) is 12.6 Å². The lowest BCUT2D eigenvalue weighted by atomic mass is 10.1. The number of halogens is 3. The number of fused-ring (bicyclic) bond motifs is 1. The van der Waals surface area contributed by atoms with E-state index in [0.29, 0.717) is 17.5 Å². The van der Waals surface area contributed by atoms with Crippen molar-refractivity contribution in [2.75, 3.05) is 20.3 Å². The molecule has 0 aliphatic carbocycles. The third kappa shape index (κ3) is 4.49. The molecule has 1 atom stereocenters. The zero-order chi connectivity index (χ0) is 22.1. The van der Waals surface area contributed by atoms with Crippen molar-refractivity contribution in [3.63, 3.8) is 0 Å². The quantitative estimate of drug-likeness (QED) is 0.697. The second kappa shape index (κ2) is 8.55. The summed E-state index contributed by atoms with van der Waals surface area (Å²) in [6, 6.07) is 8.34. The van der Waals surface area contributed by atoms with Crippen molar-refractivity contribution in [2.45, 2.75) is 19.6 Å². The maximum atomic E-state index is 14.5. The van der Waals surface area contributed by atoms with Crippen LogP contribution in [-0.2, 0) is 16.1 Å². The van der Waals surface area contributed by atoms with Crippen molar-refractivity contribution in [3.8, 4) is 11.5 Å². The van der Waals surface area contributed by atoms with E-state index >= 15 is 0 Å². The van der Waals surface area contributed by atoms with E-state index in [0.717, 1.165) is 18.0 Å². The summed E-state index contributed by atoms with van der Waals surface area (Å²) in [7, 11) is 1.83. The predicted molar refractivity (Wildman–Crippen MR) is 112 cm³/mol. The summed E-state index contributed by atoms with van der Waals surface area (Å²) in [5, 5.41) is 0.395. The Morgan fingerprint density at radius 1 is 1.23 bits per heavy atom. The SMILES string of the molecule is C[C@H]1C(=O)CN2CN=C(OCc3cc(F)c(Oc4cccc(Cl)c4)c(F)c3)C=C2N1C. The number of rotatable bonds is 4. The molecule has 0 amide bonds. The van der Waals surface area contributed by atoms with Gasteiger partial charge in [0.25, 0.3) is 0 Å². The van der Waals surface area contributed by atoms with Gasteiger partial charge in [0.15, 0.2) is 23.2 Å². The van der Waals surface area contributed by atoms with Gasteiger partial charge in [-0.2, -0.15) is 0 Å². The fourth-order valence-corrected chi connectivity index (χ4v) is 3.53. The van der Waals surface area contributed by atoms with Crippen LogP contribution in [0.25, 0.3) is 0 Å². The lowest BCUT2D eigenvalue weighted by Crippen LogP contribution is -2.52. The van der Waals surface area contributed by atoms with Crippen LogP contribution in [0.5, 0.6) is 11.5 Å². The molecule has 0 N–H and O–H groups in total.